The highest BCUT2D eigenvalue weighted by molar-refractivity contribution is 5.95. The van der Waals surface area contributed by atoms with Gasteiger partial charge in [0.2, 0.25) is 0 Å². The Morgan fingerprint density at radius 2 is 1.59 bits per heavy atom. The van der Waals surface area contributed by atoms with E-state index in [1.165, 1.54) is 12.1 Å². The highest BCUT2D eigenvalue weighted by atomic mass is 19.1. The Balaban J connectivity index is 1.56. The van der Waals surface area contributed by atoms with Crippen LogP contribution >= 0.6 is 0 Å². The summed E-state index contributed by atoms with van der Waals surface area (Å²) in [5.74, 6) is -0.299. The van der Waals surface area contributed by atoms with Crippen LogP contribution in [0.25, 0.3) is 21.9 Å². The van der Waals surface area contributed by atoms with Gasteiger partial charge in [-0.05, 0) is 77.7 Å². The first-order valence-electron chi connectivity index (χ1n) is 10.9. The average Bonchev–Trinajstić information content (AvgIpc) is 2.83. The molecule has 0 radical (unpaired) electrons. The fourth-order valence-corrected chi connectivity index (χ4v) is 4.02. The SMILES string of the molecule is CCNc1ccc2c(C(C)N(C)C(=O)c3ccc(-c4ccc(F)cc4)cc3)cccc2c1. The van der Waals surface area contributed by atoms with E-state index in [4.69, 9.17) is 0 Å². The number of carbonyl (C=O) groups is 1. The van der Waals surface area contributed by atoms with E-state index in [-0.39, 0.29) is 17.8 Å². The van der Waals surface area contributed by atoms with Gasteiger partial charge in [0.1, 0.15) is 5.82 Å². The van der Waals surface area contributed by atoms with E-state index < -0.39 is 0 Å². The zero-order chi connectivity index (χ0) is 22.7. The van der Waals surface area contributed by atoms with E-state index in [2.05, 4.69) is 49.5 Å². The van der Waals surface area contributed by atoms with Crippen LogP contribution in [0.2, 0.25) is 0 Å². The molecule has 0 fully saturated rings. The van der Waals surface area contributed by atoms with Crippen LogP contribution in [0.15, 0.2) is 84.9 Å². The van der Waals surface area contributed by atoms with Crippen molar-refractivity contribution in [1.29, 1.82) is 0 Å². The minimum atomic E-state index is -0.262. The summed E-state index contributed by atoms with van der Waals surface area (Å²) in [6.07, 6.45) is 0. The van der Waals surface area contributed by atoms with E-state index in [9.17, 15) is 9.18 Å². The first-order valence-corrected chi connectivity index (χ1v) is 10.9. The van der Waals surface area contributed by atoms with Crippen LogP contribution in [0.1, 0.15) is 35.8 Å². The van der Waals surface area contributed by atoms with Crippen molar-refractivity contribution in [3.05, 3.63) is 102 Å². The van der Waals surface area contributed by atoms with Gasteiger partial charge in [-0.2, -0.15) is 0 Å². The van der Waals surface area contributed by atoms with Gasteiger partial charge in [0.25, 0.3) is 5.91 Å². The Morgan fingerprint density at radius 1 is 0.938 bits per heavy atom. The Kier molecular flexibility index (Phi) is 6.22. The standard InChI is InChI=1S/C28H27FN2O/c1-4-30-25-16-17-27-23(18-25)6-5-7-26(27)19(2)31(3)28(32)22-10-8-20(9-11-22)21-12-14-24(29)15-13-21/h5-19,30H,4H2,1-3H3. The number of nitrogens with one attached hydrogen (secondary N) is 1. The molecule has 4 aromatic rings. The predicted octanol–water partition coefficient (Wildman–Crippen LogP) is 6.91. The molecule has 1 amide bonds. The van der Waals surface area contributed by atoms with Crippen LogP contribution in [0.4, 0.5) is 10.1 Å². The molecule has 0 saturated heterocycles. The Labute approximate surface area is 188 Å². The molecule has 4 heteroatoms. The molecule has 0 aliphatic rings. The van der Waals surface area contributed by atoms with Crippen molar-refractivity contribution in [2.24, 2.45) is 0 Å². The van der Waals surface area contributed by atoms with Crippen LogP contribution in [0, 0.1) is 5.82 Å². The molecule has 0 aromatic heterocycles. The Morgan fingerprint density at radius 3 is 2.25 bits per heavy atom. The second kappa shape index (κ2) is 9.23. The fraction of sp³-hybridized carbons (Fsp3) is 0.179. The van der Waals surface area contributed by atoms with Gasteiger partial charge in [-0.1, -0.05) is 48.5 Å². The summed E-state index contributed by atoms with van der Waals surface area (Å²) in [5, 5.41) is 5.64. The second-order valence-electron chi connectivity index (χ2n) is 7.99. The number of anilines is 1. The second-order valence-corrected chi connectivity index (χ2v) is 7.99. The summed E-state index contributed by atoms with van der Waals surface area (Å²) in [5.41, 5.74) is 4.70. The van der Waals surface area contributed by atoms with Crippen molar-refractivity contribution in [2.75, 3.05) is 18.9 Å². The van der Waals surface area contributed by atoms with E-state index in [0.29, 0.717) is 5.56 Å². The summed E-state index contributed by atoms with van der Waals surface area (Å²) >= 11 is 0. The van der Waals surface area contributed by atoms with Gasteiger partial charge in [0.05, 0.1) is 6.04 Å². The minimum absolute atomic E-state index is 0.0376. The predicted molar refractivity (Wildman–Crippen MR) is 130 cm³/mol. The van der Waals surface area contributed by atoms with E-state index >= 15 is 0 Å². The van der Waals surface area contributed by atoms with Crippen molar-refractivity contribution >= 4 is 22.4 Å². The van der Waals surface area contributed by atoms with Gasteiger partial charge >= 0.3 is 0 Å². The summed E-state index contributed by atoms with van der Waals surface area (Å²) in [7, 11) is 1.84. The molecule has 0 aliphatic heterocycles. The zero-order valence-corrected chi connectivity index (χ0v) is 18.6. The van der Waals surface area contributed by atoms with Gasteiger partial charge in [-0.15, -0.1) is 0 Å². The molecule has 162 valence electrons. The maximum absolute atomic E-state index is 13.2. The number of amides is 1. The van der Waals surface area contributed by atoms with Gasteiger partial charge in [0, 0.05) is 24.8 Å². The molecule has 4 aromatic carbocycles. The molecular formula is C28H27FN2O. The van der Waals surface area contributed by atoms with Crippen molar-refractivity contribution in [3.63, 3.8) is 0 Å². The minimum Gasteiger partial charge on any atom is -0.385 e. The van der Waals surface area contributed by atoms with Crippen LogP contribution < -0.4 is 5.32 Å². The number of nitrogens with zero attached hydrogens (tertiary/aromatic N) is 1. The molecule has 0 aliphatic carbocycles. The molecule has 0 heterocycles. The van der Waals surface area contributed by atoms with Gasteiger partial charge in [-0.3, -0.25) is 4.79 Å². The monoisotopic (exact) mass is 426 g/mol. The molecular weight excluding hydrogens is 399 g/mol. The fourth-order valence-electron chi connectivity index (χ4n) is 4.02. The van der Waals surface area contributed by atoms with Crippen molar-refractivity contribution in [3.8, 4) is 11.1 Å². The Hall–Kier alpha value is -3.66. The van der Waals surface area contributed by atoms with Gasteiger partial charge < -0.3 is 10.2 Å². The molecule has 1 N–H and O–H groups in total. The lowest BCUT2D eigenvalue weighted by Crippen LogP contribution is -2.29. The lowest BCUT2D eigenvalue weighted by molar-refractivity contribution is 0.0743. The first-order chi connectivity index (χ1) is 15.5. The number of rotatable bonds is 6. The molecule has 0 bridgehead atoms. The third-order valence-corrected chi connectivity index (χ3v) is 5.96. The maximum atomic E-state index is 13.2. The van der Waals surface area contributed by atoms with Crippen molar-refractivity contribution < 1.29 is 9.18 Å². The largest absolute Gasteiger partial charge is 0.385 e. The number of carbonyl (C=O) groups excluding carboxylic acids is 1. The van der Waals surface area contributed by atoms with Gasteiger partial charge in [-0.25, -0.2) is 4.39 Å². The number of hydrogen-bond acceptors (Lipinski definition) is 2. The number of halogens is 1. The third-order valence-electron chi connectivity index (χ3n) is 5.96. The van der Waals surface area contributed by atoms with Crippen LogP contribution in [0.3, 0.4) is 0 Å². The number of benzene rings is 4. The quantitative estimate of drug-likeness (QED) is 0.363. The highest BCUT2D eigenvalue weighted by Gasteiger charge is 2.20. The summed E-state index contributed by atoms with van der Waals surface area (Å²) < 4.78 is 13.2. The third kappa shape index (κ3) is 4.35. The molecule has 0 saturated carbocycles. The number of fused-ring (bicyclic) bond motifs is 1. The van der Waals surface area contributed by atoms with E-state index in [0.717, 1.165) is 39.7 Å². The van der Waals surface area contributed by atoms with E-state index in [1.807, 2.05) is 37.4 Å². The summed E-state index contributed by atoms with van der Waals surface area (Å²) in [4.78, 5) is 15.0. The van der Waals surface area contributed by atoms with Crippen LogP contribution in [-0.2, 0) is 0 Å². The van der Waals surface area contributed by atoms with Gasteiger partial charge in [0.15, 0.2) is 0 Å². The Bertz CT molecular complexity index is 1230. The topological polar surface area (TPSA) is 32.3 Å². The number of hydrogen-bond donors (Lipinski definition) is 1. The van der Waals surface area contributed by atoms with Crippen molar-refractivity contribution in [2.45, 2.75) is 19.9 Å². The van der Waals surface area contributed by atoms with E-state index in [1.54, 1.807) is 17.0 Å². The van der Waals surface area contributed by atoms with Crippen LogP contribution in [-0.4, -0.2) is 24.4 Å². The highest BCUT2D eigenvalue weighted by Crippen LogP contribution is 2.30. The summed E-state index contributed by atoms with van der Waals surface area (Å²) in [6, 6.07) is 26.3. The lowest BCUT2D eigenvalue weighted by atomic mass is 9.97. The molecule has 4 rings (SSSR count). The smallest absolute Gasteiger partial charge is 0.254 e. The summed E-state index contributed by atoms with van der Waals surface area (Å²) in [6.45, 7) is 5.01. The molecule has 1 unspecified atom stereocenters. The maximum Gasteiger partial charge on any atom is 0.254 e. The molecule has 1 atom stereocenters. The van der Waals surface area contributed by atoms with Crippen LogP contribution in [0.5, 0.6) is 0 Å². The van der Waals surface area contributed by atoms with Crippen molar-refractivity contribution in [1.82, 2.24) is 4.90 Å². The molecule has 32 heavy (non-hydrogen) atoms. The molecule has 0 spiro atoms. The molecule has 3 nitrogen and oxygen atoms in total. The average molecular weight is 427 g/mol. The first kappa shape index (κ1) is 21.6. The zero-order valence-electron chi connectivity index (χ0n) is 18.6. The normalized spacial score (nSPS) is 11.9. The lowest BCUT2D eigenvalue weighted by Gasteiger charge is -2.27.